The van der Waals surface area contributed by atoms with Crippen molar-refractivity contribution < 1.29 is 4.52 Å². The van der Waals surface area contributed by atoms with Crippen molar-refractivity contribution in [3.8, 4) is 17.3 Å². The zero-order valence-electron chi connectivity index (χ0n) is 14.3. The first-order valence-electron chi connectivity index (χ1n) is 8.56. The summed E-state index contributed by atoms with van der Waals surface area (Å²) in [6.07, 6.45) is 4.60. The predicted octanol–water partition coefficient (Wildman–Crippen LogP) is 2.51. The van der Waals surface area contributed by atoms with Crippen molar-refractivity contribution in [2.45, 2.75) is 31.7 Å². The molecule has 2 N–H and O–H groups in total. The molecule has 1 aromatic carbocycles. The van der Waals surface area contributed by atoms with Crippen LogP contribution < -0.4 is 5.73 Å². The van der Waals surface area contributed by atoms with E-state index in [4.69, 9.17) is 10.3 Å². The lowest BCUT2D eigenvalue weighted by Gasteiger charge is -2.34. The third-order valence-electron chi connectivity index (χ3n) is 5.05. The average Bonchev–Trinajstić information content (AvgIpc) is 3.26. The molecule has 0 unspecified atom stereocenters. The Balaban J connectivity index is 1.59. The van der Waals surface area contributed by atoms with Crippen LogP contribution in [0.1, 0.15) is 30.8 Å². The fraction of sp³-hybridized carbons (Fsp3) is 0.278. The Hall–Kier alpha value is -3.13. The topological polar surface area (TPSA) is 109 Å². The maximum Gasteiger partial charge on any atom is 0.280 e. The van der Waals surface area contributed by atoms with E-state index in [1.54, 1.807) is 10.9 Å². The van der Waals surface area contributed by atoms with Gasteiger partial charge in [-0.2, -0.15) is 4.98 Å². The van der Waals surface area contributed by atoms with Gasteiger partial charge in [-0.1, -0.05) is 28.6 Å². The Kier molecular flexibility index (Phi) is 3.17. The van der Waals surface area contributed by atoms with E-state index < -0.39 is 5.54 Å². The molecule has 1 saturated carbocycles. The lowest BCUT2D eigenvalue weighted by molar-refractivity contribution is 0.229. The van der Waals surface area contributed by atoms with Gasteiger partial charge in [0.2, 0.25) is 0 Å². The van der Waals surface area contributed by atoms with Gasteiger partial charge >= 0.3 is 0 Å². The van der Waals surface area contributed by atoms with E-state index in [1.165, 1.54) is 0 Å². The zero-order valence-corrected chi connectivity index (χ0v) is 14.3. The lowest BCUT2D eigenvalue weighted by Crippen LogP contribution is -2.44. The molecule has 8 nitrogen and oxygen atoms in total. The van der Waals surface area contributed by atoms with Gasteiger partial charge in [-0.25, -0.2) is 4.68 Å². The van der Waals surface area contributed by atoms with Crippen LogP contribution in [-0.4, -0.2) is 30.1 Å². The molecule has 1 fully saturated rings. The molecule has 130 valence electrons. The molecule has 5 rings (SSSR count). The minimum atomic E-state index is -0.467. The molecule has 3 heterocycles. The normalized spacial score (nSPS) is 15.9. The van der Waals surface area contributed by atoms with Crippen LogP contribution >= 0.6 is 0 Å². The van der Waals surface area contributed by atoms with Gasteiger partial charge < -0.3 is 10.3 Å². The van der Waals surface area contributed by atoms with Crippen LogP contribution in [0.15, 0.2) is 41.1 Å². The SMILES string of the molecule is Cc1c(-c2nc(C3(N)CCC3)no2)nnn1-c1cccc2cccnc12. The standard InChI is InChI=1S/C18H17N7O/c1-11-14(16-21-17(23-26-16)18(19)8-4-9-18)22-24-25(11)13-7-2-5-12-6-3-10-20-15(12)13/h2-3,5-7,10H,4,8-9,19H2,1H3. The first-order valence-corrected chi connectivity index (χ1v) is 8.56. The Bertz CT molecular complexity index is 1100. The van der Waals surface area contributed by atoms with E-state index in [0.717, 1.165) is 41.5 Å². The number of pyridine rings is 1. The molecule has 0 atom stereocenters. The Morgan fingerprint density at radius 3 is 2.85 bits per heavy atom. The summed E-state index contributed by atoms with van der Waals surface area (Å²) >= 11 is 0. The van der Waals surface area contributed by atoms with Crippen LogP contribution in [0.5, 0.6) is 0 Å². The van der Waals surface area contributed by atoms with Crippen LogP contribution in [-0.2, 0) is 5.54 Å². The van der Waals surface area contributed by atoms with Crippen LogP contribution in [0.25, 0.3) is 28.2 Å². The number of rotatable bonds is 3. The largest absolute Gasteiger partial charge is 0.332 e. The van der Waals surface area contributed by atoms with Crippen molar-refractivity contribution in [1.82, 2.24) is 30.1 Å². The van der Waals surface area contributed by atoms with Crippen LogP contribution in [0.3, 0.4) is 0 Å². The number of benzene rings is 1. The van der Waals surface area contributed by atoms with Crippen molar-refractivity contribution in [3.05, 3.63) is 48.0 Å². The van der Waals surface area contributed by atoms with Gasteiger partial charge in [-0.05, 0) is 38.3 Å². The summed E-state index contributed by atoms with van der Waals surface area (Å²) in [4.78, 5) is 8.95. The Morgan fingerprint density at radius 2 is 2.04 bits per heavy atom. The van der Waals surface area contributed by atoms with E-state index in [2.05, 4.69) is 25.4 Å². The minimum absolute atomic E-state index is 0.341. The number of hydrogen-bond acceptors (Lipinski definition) is 7. The van der Waals surface area contributed by atoms with Gasteiger partial charge in [-0.15, -0.1) is 5.10 Å². The highest BCUT2D eigenvalue weighted by Crippen LogP contribution is 2.37. The Morgan fingerprint density at radius 1 is 1.19 bits per heavy atom. The zero-order chi connectivity index (χ0) is 17.7. The fourth-order valence-corrected chi connectivity index (χ4v) is 3.32. The van der Waals surface area contributed by atoms with Crippen molar-refractivity contribution in [3.63, 3.8) is 0 Å². The summed E-state index contributed by atoms with van der Waals surface area (Å²) in [6, 6.07) is 9.88. The quantitative estimate of drug-likeness (QED) is 0.606. The highest BCUT2D eigenvalue weighted by atomic mass is 16.5. The molecule has 4 aromatic rings. The number of aromatic nitrogens is 6. The lowest BCUT2D eigenvalue weighted by atomic mass is 9.77. The fourth-order valence-electron chi connectivity index (χ4n) is 3.32. The smallest absolute Gasteiger partial charge is 0.280 e. The number of nitrogens with zero attached hydrogens (tertiary/aromatic N) is 6. The van der Waals surface area contributed by atoms with E-state index in [-0.39, 0.29) is 0 Å². The predicted molar refractivity (Wildman–Crippen MR) is 94.4 cm³/mol. The van der Waals surface area contributed by atoms with E-state index in [0.29, 0.717) is 17.4 Å². The van der Waals surface area contributed by atoms with Crippen LogP contribution in [0, 0.1) is 6.92 Å². The van der Waals surface area contributed by atoms with Gasteiger partial charge in [0, 0.05) is 11.6 Å². The van der Waals surface area contributed by atoms with E-state index >= 15 is 0 Å². The first kappa shape index (κ1) is 15.2. The average molecular weight is 347 g/mol. The van der Waals surface area contributed by atoms with Crippen molar-refractivity contribution >= 4 is 10.9 Å². The molecule has 1 aliphatic rings. The molecule has 0 amide bonds. The summed E-state index contributed by atoms with van der Waals surface area (Å²) in [7, 11) is 0. The maximum atomic E-state index is 6.28. The third-order valence-corrected chi connectivity index (χ3v) is 5.05. The number of nitrogens with two attached hydrogens (primary N) is 1. The summed E-state index contributed by atoms with van der Waals surface area (Å²) in [5.41, 5.74) is 8.88. The summed E-state index contributed by atoms with van der Waals surface area (Å²) in [6.45, 7) is 1.92. The van der Waals surface area contributed by atoms with Gasteiger partial charge in [0.25, 0.3) is 5.89 Å². The monoisotopic (exact) mass is 347 g/mol. The summed E-state index contributed by atoms with van der Waals surface area (Å²) in [5.74, 6) is 0.883. The molecular formula is C18H17N7O. The molecule has 0 spiro atoms. The maximum absolute atomic E-state index is 6.28. The minimum Gasteiger partial charge on any atom is -0.332 e. The molecule has 1 aliphatic carbocycles. The van der Waals surface area contributed by atoms with Crippen LogP contribution in [0.4, 0.5) is 0 Å². The highest BCUT2D eigenvalue weighted by Gasteiger charge is 2.39. The molecule has 0 radical (unpaired) electrons. The van der Waals surface area contributed by atoms with Crippen LogP contribution in [0.2, 0.25) is 0 Å². The summed E-state index contributed by atoms with van der Waals surface area (Å²) < 4.78 is 7.16. The number of hydrogen-bond donors (Lipinski definition) is 1. The van der Waals surface area contributed by atoms with Gasteiger partial charge in [0.15, 0.2) is 11.5 Å². The molecule has 0 saturated heterocycles. The van der Waals surface area contributed by atoms with Crippen molar-refractivity contribution in [1.29, 1.82) is 0 Å². The van der Waals surface area contributed by atoms with Gasteiger partial charge in [0.05, 0.1) is 22.4 Å². The molecule has 0 aliphatic heterocycles. The molecule has 26 heavy (non-hydrogen) atoms. The Labute approximate surface area is 149 Å². The highest BCUT2D eigenvalue weighted by molar-refractivity contribution is 5.86. The molecule has 8 heteroatoms. The number of para-hydroxylation sites is 1. The molecule has 3 aromatic heterocycles. The van der Waals surface area contributed by atoms with E-state index in [9.17, 15) is 0 Å². The van der Waals surface area contributed by atoms with E-state index in [1.807, 2.05) is 37.3 Å². The summed E-state index contributed by atoms with van der Waals surface area (Å²) in [5, 5.41) is 13.6. The second-order valence-corrected chi connectivity index (χ2v) is 6.72. The number of fused-ring (bicyclic) bond motifs is 1. The van der Waals surface area contributed by atoms with Crippen molar-refractivity contribution in [2.24, 2.45) is 5.73 Å². The van der Waals surface area contributed by atoms with Crippen molar-refractivity contribution in [2.75, 3.05) is 0 Å². The second-order valence-electron chi connectivity index (χ2n) is 6.72. The van der Waals surface area contributed by atoms with Gasteiger partial charge in [0.1, 0.15) is 0 Å². The second kappa shape index (κ2) is 5.43. The molecule has 0 bridgehead atoms. The van der Waals surface area contributed by atoms with Gasteiger partial charge in [-0.3, -0.25) is 4.98 Å². The third kappa shape index (κ3) is 2.15. The first-order chi connectivity index (χ1) is 12.7. The molecular weight excluding hydrogens is 330 g/mol.